The van der Waals surface area contributed by atoms with E-state index in [0.717, 1.165) is 5.56 Å². The lowest BCUT2D eigenvalue weighted by Crippen LogP contribution is -2.12. The summed E-state index contributed by atoms with van der Waals surface area (Å²) in [4.78, 5) is 27.8. The molecule has 2 aromatic heterocycles. The molecule has 0 spiro atoms. The van der Waals surface area contributed by atoms with Gasteiger partial charge < -0.3 is 14.5 Å². The smallest absolute Gasteiger partial charge is 0.338 e. The summed E-state index contributed by atoms with van der Waals surface area (Å²) < 4.78 is 9.96. The molecule has 0 radical (unpaired) electrons. The van der Waals surface area contributed by atoms with Gasteiger partial charge in [-0.25, -0.2) is 9.78 Å². The molecule has 116 valence electrons. The molecule has 6 nitrogen and oxygen atoms in total. The van der Waals surface area contributed by atoms with Crippen LogP contribution in [0.1, 0.15) is 20.8 Å². The third-order valence-corrected chi connectivity index (χ3v) is 3.92. The fourth-order valence-corrected chi connectivity index (χ4v) is 2.76. The van der Waals surface area contributed by atoms with E-state index in [1.54, 1.807) is 11.4 Å². The number of amides is 1. The average molecular weight is 328 g/mol. The summed E-state index contributed by atoms with van der Waals surface area (Å²) in [5, 5.41) is 4.84. The Bertz CT molecular complexity index is 839. The Morgan fingerprint density at radius 2 is 2.04 bits per heavy atom. The SMILES string of the molecule is COC(=O)c1csc(NC(=O)c2ncoc2-c2ccccc2)c1. The number of hydrogen-bond donors (Lipinski definition) is 1. The maximum Gasteiger partial charge on any atom is 0.338 e. The number of hydrogen-bond acceptors (Lipinski definition) is 6. The van der Waals surface area contributed by atoms with Crippen LogP contribution in [0.4, 0.5) is 5.00 Å². The van der Waals surface area contributed by atoms with E-state index < -0.39 is 11.9 Å². The molecule has 0 aliphatic rings. The van der Waals surface area contributed by atoms with Crippen molar-refractivity contribution in [3.05, 3.63) is 59.4 Å². The molecular weight excluding hydrogens is 316 g/mol. The van der Waals surface area contributed by atoms with Crippen molar-refractivity contribution in [2.24, 2.45) is 0 Å². The van der Waals surface area contributed by atoms with Crippen molar-refractivity contribution in [2.45, 2.75) is 0 Å². The number of methoxy groups -OCH3 is 1. The first-order valence-electron chi connectivity index (χ1n) is 6.66. The number of oxazole rings is 1. The highest BCUT2D eigenvalue weighted by molar-refractivity contribution is 7.14. The van der Waals surface area contributed by atoms with Crippen molar-refractivity contribution in [2.75, 3.05) is 12.4 Å². The predicted molar refractivity (Wildman–Crippen MR) is 85.6 cm³/mol. The summed E-state index contributed by atoms with van der Waals surface area (Å²) in [5.74, 6) is -0.461. The third kappa shape index (κ3) is 3.14. The van der Waals surface area contributed by atoms with Crippen molar-refractivity contribution >= 4 is 28.2 Å². The van der Waals surface area contributed by atoms with Gasteiger partial charge in [-0.3, -0.25) is 4.79 Å². The zero-order chi connectivity index (χ0) is 16.2. The first-order chi connectivity index (χ1) is 11.2. The largest absolute Gasteiger partial charge is 0.465 e. The Morgan fingerprint density at radius 3 is 2.78 bits per heavy atom. The van der Waals surface area contributed by atoms with Gasteiger partial charge in [0.2, 0.25) is 0 Å². The van der Waals surface area contributed by atoms with Gasteiger partial charge >= 0.3 is 5.97 Å². The maximum atomic E-state index is 12.4. The molecular formula is C16H12N2O4S. The predicted octanol–water partition coefficient (Wildman–Crippen LogP) is 3.44. The molecule has 2 heterocycles. The molecule has 0 aliphatic carbocycles. The first kappa shape index (κ1) is 15.0. The number of nitrogens with one attached hydrogen (secondary N) is 1. The van der Waals surface area contributed by atoms with Crippen molar-refractivity contribution in [1.82, 2.24) is 4.98 Å². The van der Waals surface area contributed by atoms with E-state index in [4.69, 9.17) is 4.42 Å². The maximum absolute atomic E-state index is 12.4. The number of carbonyl (C=O) groups is 2. The fourth-order valence-electron chi connectivity index (χ4n) is 2.00. The normalized spacial score (nSPS) is 10.3. The molecule has 0 atom stereocenters. The quantitative estimate of drug-likeness (QED) is 0.742. The number of thiophene rings is 1. The molecule has 3 rings (SSSR count). The second-order valence-electron chi connectivity index (χ2n) is 4.54. The van der Waals surface area contributed by atoms with Crippen LogP contribution in [0.2, 0.25) is 0 Å². The van der Waals surface area contributed by atoms with Gasteiger partial charge in [-0.1, -0.05) is 30.3 Å². The second-order valence-corrected chi connectivity index (χ2v) is 5.45. The first-order valence-corrected chi connectivity index (χ1v) is 7.54. The zero-order valence-electron chi connectivity index (χ0n) is 12.1. The van der Waals surface area contributed by atoms with Gasteiger partial charge in [0.15, 0.2) is 17.8 Å². The van der Waals surface area contributed by atoms with Crippen LogP contribution in [0.5, 0.6) is 0 Å². The van der Waals surface area contributed by atoms with Crippen molar-refractivity contribution in [3.8, 4) is 11.3 Å². The molecule has 0 saturated carbocycles. The van der Waals surface area contributed by atoms with Crippen LogP contribution in [0.3, 0.4) is 0 Å². The van der Waals surface area contributed by atoms with Crippen molar-refractivity contribution in [1.29, 1.82) is 0 Å². The van der Waals surface area contributed by atoms with Gasteiger partial charge in [0, 0.05) is 10.9 Å². The summed E-state index contributed by atoms with van der Waals surface area (Å²) in [6.45, 7) is 0. The Morgan fingerprint density at radius 1 is 1.26 bits per heavy atom. The Hall–Kier alpha value is -2.93. The minimum absolute atomic E-state index is 0.184. The summed E-state index contributed by atoms with van der Waals surface area (Å²) in [6.07, 6.45) is 1.23. The minimum Gasteiger partial charge on any atom is -0.465 e. The lowest BCUT2D eigenvalue weighted by molar-refractivity contribution is 0.0601. The summed E-state index contributed by atoms with van der Waals surface area (Å²) in [6, 6.07) is 10.8. The van der Waals surface area contributed by atoms with Crippen LogP contribution in [0.25, 0.3) is 11.3 Å². The van der Waals surface area contributed by atoms with E-state index in [9.17, 15) is 9.59 Å². The van der Waals surface area contributed by atoms with E-state index in [0.29, 0.717) is 16.3 Å². The lowest BCUT2D eigenvalue weighted by Gasteiger charge is -2.02. The van der Waals surface area contributed by atoms with Gasteiger partial charge in [-0.05, 0) is 6.07 Å². The number of nitrogens with zero attached hydrogens (tertiary/aromatic N) is 1. The number of carbonyl (C=O) groups excluding carboxylic acids is 2. The monoisotopic (exact) mass is 328 g/mol. The molecule has 1 aromatic carbocycles. The molecule has 0 saturated heterocycles. The van der Waals surface area contributed by atoms with E-state index in [-0.39, 0.29) is 5.69 Å². The van der Waals surface area contributed by atoms with E-state index in [2.05, 4.69) is 15.0 Å². The van der Waals surface area contributed by atoms with Crippen LogP contribution in [0, 0.1) is 0 Å². The second kappa shape index (κ2) is 6.45. The number of esters is 1. The zero-order valence-corrected chi connectivity index (χ0v) is 12.9. The minimum atomic E-state index is -0.451. The molecule has 23 heavy (non-hydrogen) atoms. The van der Waals surface area contributed by atoms with Gasteiger partial charge in [-0.15, -0.1) is 11.3 Å². The van der Waals surface area contributed by atoms with Crippen LogP contribution < -0.4 is 5.32 Å². The van der Waals surface area contributed by atoms with Gasteiger partial charge in [0.1, 0.15) is 0 Å². The number of aromatic nitrogens is 1. The van der Waals surface area contributed by atoms with Crippen LogP contribution in [0.15, 0.2) is 52.6 Å². The summed E-state index contributed by atoms with van der Waals surface area (Å²) in [7, 11) is 1.31. The Labute approximate surface area is 135 Å². The Balaban J connectivity index is 1.81. The molecule has 1 N–H and O–H groups in total. The van der Waals surface area contributed by atoms with E-state index >= 15 is 0 Å². The molecule has 0 unspecified atom stereocenters. The van der Waals surface area contributed by atoms with Crippen LogP contribution >= 0.6 is 11.3 Å². The molecule has 3 aromatic rings. The number of rotatable bonds is 4. The van der Waals surface area contributed by atoms with Crippen LogP contribution in [-0.4, -0.2) is 24.0 Å². The topological polar surface area (TPSA) is 81.4 Å². The molecule has 0 aliphatic heterocycles. The standard InChI is InChI=1S/C16H12N2O4S/c1-21-16(20)11-7-12(23-8-11)18-15(19)13-14(22-9-17-13)10-5-3-2-4-6-10/h2-9H,1H3,(H,18,19). The van der Waals surface area contributed by atoms with Gasteiger partial charge in [0.05, 0.1) is 17.7 Å². The lowest BCUT2D eigenvalue weighted by atomic mass is 10.1. The number of anilines is 1. The number of benzene rings is 1. The third-order valence-electron chi connectivity index (χ3n) is 3.08. The highest BCUT2D eigenvalue weighted by atomic mass is 32.1. The molecule has 0 bridgehead atoms. The molecule has 0 fully saturated rings. The van der Waals surface area contributed by atoms with Crippen molar-refractivity contribution in [3.63, 3.8) is 0 Å². The summed E-state index contributed by atoms with van der Waals surface area (Å²) >= 11 is 1.23. The van der Waals surface area contributed by atoms with Gasteiger partial charge in [0.25, 0.3) is 5.91 Å². The average Bonchev–Trinajstić information content (AvgIpc) is 3.24. The fraction of sp³-hybridized carbons (Fsp3) is 0.0625. The number of ether oxygens (including phenoxy) is 1. The van der Waals surface area contributed by atoms with E-state index in [1.165, 1.54) is 24.8 Å². The Kier molecular flexibility index (Phi) is 4.20. The van der Waals surface area contributed by atoms with E-state index in [1.807, 2.05) is 30.3 Å². The summed E-state index contributed by atoms with van der Waals surface area (Å²) in [5.41, 5.74) is 1.33. The molecule has 1 amide bonds. The molecule has 7 heteroatoms. The van der Waals surface area contributed by atoms with Crippen LogP contribution in [-0.2, 0) is 4.74 Å². The highest BCUT2D eigenvalue weighted by Crippen LogP contribution is 2.25. The van der Waals surface area contributed by atoms with Crippen molar-refractivity contribution < 1.29 is 18.7 Å². The van der Waals surface area contributed by atoms with Gasteiger partial charge in [-0.2, -0.15) is 0 Å². The highest BCUT2D eigenvalue weighted by Gasteiger charge is 2.19.